The maximum Gasteiger partial charge on any atom is 0.334 e. The highest BCUT2D eigenvalue weighted by Gasteiger charge is 2.44. The molecule has 0 aromatic heterocycles. The topological polar surface area (TPSA) is 135 Å². The van der Waals surface area contributed by atoms with Crippen LogP contribution in [-0.4, -0.2) is 89.1 Å². The Bertz CT molecular complexity index is 806. The molecular formula is C37H68O9. The summed E-state index contributed by atoms with van der Waals surface area (Å²) in [5.74, 6) is -0.476. The molecule has 0 amide bonds. The second kappa shape index (κ2) is 25.0. The lowest BCUT2D eigenvalue weighted by molar-refractivity contribution is -0.302. The fraction of sp³-hybridized carbons (Fsp3) is 0.919. The molecule has 4 N–H and O–H groups in total. The van der Waals surface area contributed by atoms with Crippen LogP contribution in [0.15, 0.2) is 11.6 Å². The molecule has 0 spiro atoms. The summed E-state index contributed by atoms with van der Waals surface area (Å²) in [6.07, 6.45) is 18.4. The molecule has 0 aliphatic carbocycles. The summed E-state index contributed by atoms with van der Waals surface area (Å²) in [6, 6.07) is 0. The summed E-state index contributed by atoms with van der Waals surface area (Å²) < 4.78 is 22.4. The Hall–Kier alpha value is -1.07. The standard InChI is InChI=1S/C37H68O9/c1-4-5-6-7-8-12-15-18-21-24-43-27-32-33(39)34(40)35(41)37(46-32)44-25-22-19-16-13-10-9-11-14-17-20-23-31(38)29(3)30-26-28(2)45-36(30)42/h26,28-29,31-35,37-41H,4-25,27H2,1-3H3/t28-,29+,31+,32+,33+,34-,35-,37-/m0/s1. The number of unbranched alkanes of at least 4 members (excludes halogenated alkanes) is 17. The maximum absolute atomic E-state index is 11.9. The van der Waals surface area contributed by atoms with Crippen molar-refractivity contribution in [3.63, 3.8) is 0 Å². The van der Waals surface area contributed by atoms with E-state index in [-0.39, 0.29) is 24.6 Å². The highest BCUT2D eigenvalue weighted by Crippen LogP contribution is 2.26. The predicted octanol–water partition coefficient (Wildman–Crippen LogP) is 6.52. The molecule has 0 radical (unpaired) electrons. The largest absolute Gasteiger partial charge is 0.455 e. The fourth-order valence-corrected chi connectivity index (χ4v) is 6.36. The molecule has 0 unspecified atom stereocenters. The molecule has 270 valence electrons. The average Bonchev–Trinajstić information content (AvgIpc) is 3.39. The van der Waals surface area contributed by atoms with E-state index in [1.165, 1.54) is 70.6 Å². The number of rotatable bonds is 28. The van der Waals surface area contributed by atoms with E-state index >= 15 is 0 Å². The number of hydrogen-bond acceptors (Lipinski definition) is 9. The van der Waals surface area contributed by atoms with Crippen molar-refractivity contribution in [2.75, 3.05) is 19.8 Å². The molecule has 1 saturated heterocycles. The molecule has 0 bridgehead atoms. The first-order valence-electron chi connectivity index (χ1n) is 18.8. The van der Waals surface area contributed by atoms with Gasteiger partial charge in [-0.05, 0) is 32.3 Å². The third-order valence-electron chi connectivity index (χ3n) is 9.53. The number of carbonyl (C=O) groups excluding carboxylic acids is 1. The van der Waals surface area contributed by atoms with Crippen LogP contribution in [0.25, 0.3) is 0 Å². The van der Waals surface area contributed by atoms with E-state index < -0.39 is 36.8 Å². The van der Waals surface area contributed by atoms with Crippen LogP contribution in [0.3, 0.4) is 0 Å². The molecule has 9 heteroatoms. The number of hydrogen-bond donors (Lipinski definition) is 4. The van der Waals surface area contributed by atoms with Crippen molar-refractivity contribution in [1.82, 2.24) is 0 Å². The Kier molecular flexibility index (Phi) is 22.3. The zero-order valence-electron chi connectivity index (χ0n) is 29.3. The van der Waals surface area contributed by atoms with Gasteiger partial charge in [0, 0.05) is 24.7 Å². The third-order valence-corrected chi connectivity index (χ3v) is 9.53. The highest BCUT2D eigenvalue weighted by atomic mass is 16.7. The van der Waals surface area contributed by atoms with Gasteiger partial charge in [-0.25, -0.2) is 4.79 Å². The van der Waals surface area contributed by atoms with Gasteiger partial charge in [0.25, 0.3) is 0 Å². The van der Waals surface area contributed by atoms with Gasteiger partial charge in [0.2, 0.25) is 0 Å². The Balaban J connectivity index is 1.42. The number of aliphatic hydroxyl groups is 4. The van der Waals surface area contributed by atoms with Crippen molar-refractivity contribution in [2.24, 2.45) is 5.92 Å². The van der Waals surface area contributed by atoms with Gasteiger partial charge in [0.05, 0.1) is 12.7 Å². The Morgan fingerprint density at radius 3 is 1.80 bits per heavy atom. The van der Waals surface area contributed by atoms with E-state index in [2.05, 4.69) is 6.92 Å². The van der Waals surface area contributed by atoms with E-state index in [0.29, 0.717) is 25.2 Å². The first kappa shape index (κ1) is 41.1. The van der Waals surface area contributed by atoms with Crippen LogP contribution in [-0.2, 0) is 23.7 Å². The molecule has 0 aromatic rings. The van der Waals surface area contributed by atoms with E-state index in [9.17, 15) is 25.2 Å². The lowest BCUT2D eigenvalue weighted by Gasteiger charge is -2.40. The van der Waals surface area contributed by atoms with Crippen LogP contribution in [0, 0.1) is 5.92 Å². The molecule has 8 atom stereocenters. The molecule has 9 nitrogen and oxygen atoms in total. The zero-order valence-corrected chi connectivity index (χ0v) is 29.3. The van der Waals surface area contributed by atoms with Gasteiger partial charge in [0.1, 0.15) is 30.5 Å². The number of esters is 1. The minimum atomic E-state index is -1.33. The van der Waals surface area contributed by atoms with Crippen LogP contribution >= 0.6 is 0 Å². The molecule has 46 heavy (non-hydrogen) atoms. The summed E-state index contributed by atoms with van der Waals surface area (Å²) >= 11 is 0. The summed E-state index contributed by atoms with van der Waals surface area (Å²) in [5, 5.41) is 41.5. The molecule has 2 heterocycles. The van der Waals surface area contributed by atoms with Gasteiger partial charge >= 0.3 is 5.97 Å². The van der Waals surface area contributed by atoms with Crippen molar-refractivity contribution in [3.05, 3.63) is 11.6 Å². The summed E-state index contributed by atoms with van der Waals surface area (Å²) in [6.45, 7) is 7.16. The second-order valence-electron chi connectivity index (χ2n) is 13.7. The van der Waals surface area contributed by atoms with E-state index in [1.807, 2.05) is 19.9 Å². The van der Waals surface area contributed by atoms with Crippen molar-refractivity contribution in [3.8, 4) is 0 Å². The Labute approximate surface area is 279 Å². The van der Waals surface area contributed by atoms with Crippen LogP contribution in [0.4, 0.5) is 0 Å². The number of ether oxygens (including phenoxy) is 4. The van der Waals surface area contributed by atoms with Gasteiger partial charge in [0.15, 0.2) is 6.29 Å². The van der Waals surface area contributed by atoms with Gasteiger partial charge in [-0.1, -0.05) is 123 Å². The van der Waals surface area contributed by atoms with E-state index in [0.717, 1.165) is 51.4 Å². The smallest absolute Gasteiger partial charge is 0.334 e. The lowest BCUT2D eigenvalue weighted by atomic mass is 9.91. The SMILES string of the molecule is CCCCCCCCCCCOC[C@H]1O[C@H](OCCCCCCCCCCCC[C@@H](O)[C@H](C)C2=C[C@H](C)OC2=O)[C@@H](O)[C@@H](O)[C@@H]1O. The van der Waals surface area contributed by atoms with Gasteiger partial charge in [-0.15, -0.1) is 0 Å². The monoisotopic (exact) mass is 656 g/mol. The predicted molar refractivity (Wildman–Crippen MR) is 180 cm³/mol. The van der Waals surface area contributed by atoms with Crippen LogP contribution < -0.4 is 0 Å². The summed E-state index contributed by atoms with van der Waals surface area (Å²) in [4.78, 5) is 11.9. The van der Waals surface area contributed by atoms with E-state index in [4.69, 9.17) is 18.9 Å². The molecule has 2 rings (SSSR count). The van der Waals surface area contributed by atoms with Crippen molar-refractivity contribution >= 4 is 5.97 Å². The molecule has 1 fully saturated rings. The first-order chi connectivity index (χ1) is 22.3. The molecule has 0 saturated carbocycles. The van der Waals surface area contributed by atoms with Gasteiger partial charge < -0.3 is 39.4 Å². The van der Waals surface area contributed by atoms with E-state index in [1.54, 1.807) is 0 Å². The minimum absolute atomic E-state index is 0.165. The minimum Gasteiger partial charge on any atom is -0.455 e. The quantitative estimate of drug-likeness (QED) is 0.0549. The second-order valence-corrected chi connectivity index (χ2v) is 13.7. The van der Waals surface area contributed by atoms with Crippen LogP contribution in [0.1, 0.15) is 149 Å². The highest BCUT2D eigenvalue weighted by molar-refractivity contribution is 5.91. The average molecular weight is 657 g/mol. The van der Waals surface area contributed by atoms with Gasteiger partial charge in [-0.2, -0.15) is 0 Å². The normalized spacial score (nSPS) is 26.2. The number of carbonyl (C=O) groups is 1. The lowest BCUT2D eigenvalue weighted by Crippen LogP contribution is -2.59. The fourth-order valence-electron chi connectivity index (χ4n) is 6.36. The molecule has 2 aliphatic rings. The number of cyclic esters (lactones) is 1. The van der Waals surface area contributed by atoms with Crippen LogP contribution in [0.5, 0.6) is 0 Å². The zero-order chi connectivity index (χ0) is 33.6. The third kappa shape index (κ3) is 16.4. The first-order valence-corrected chi connectivity index (χ1v) is 18.8. The maximum atomic E-state index is 11.9. The van der Waals surface area contributed by atoms with Crippen molar-refractivity contribution < 1.29 is 44.2 Å². The van der Waals surface area contributed by atoms with Crippen molar-refractivity contribution in [1.29, 1.82) is 0 Å². The summed E-state index contributed by atoms with van der Waals surface area (Å²) in [7, 11) is 0. The van der Waals surface area contributed by atoms with Crippen molar-refractivity contribution in [2.45, 2.75) is 192 Å². The van der Waals surface area contributed by atoms with Crippen LogP contribution in [0.2, 0.25) is 0 Å². The molecule has 0 aromatic carbocycles. The van der Waals surface area contributed by atoms with Gasteiger partial charge in [-0.3, -0.25) is 0 Å². The molecular weight excluding hydrogens is 588 g/mol. The molecule has 2 aliphatic heterocycles. The Morgan fingerprint density at radius 1 is 0.739 bits per heavy atom. The summed E-state index contributed by atoms with van der Waals surface area (Å²) in [5.41, 5.74) is 0.610. The Morgan fingerprint density at radius 2 is 1.26 bits per heavy atom. The number of aliphatic hydroxyl groups excluding tert-OH is 4.